The van der Waals surface area contributed by atoms with Crippen molar-refractivity contribution in [1.29, 1.82) is 0 Å². The van der Waals surface area contributed by atoms with Gasteiger partial charge in [-0.25, -0.2) is 8.78 Å². The minimum absolute atomic E-state index is 0.0255. The minimum Gasteiger partial charge on any atom is -0.370 e. The van der Waals surface area contributed by atoms with Gasteiger partial charge in [-0.3, -0.25) is 4.79 Å². The third-order valence-corrected chi connectivity index (χ3v) is 4.76. The fraction of sp³-hybridized carbons (Fsp3) is 0.588. The Balaban J connectivity index is 1.67. The van der Waals surface area contributed by atoms with E-state index < -0.39 is 17.7 Å². The van der Waals surface area contributed by atoms with Crippen molar-refractivity contribution in [3.63, 3.8) is 0 Å². The Morgan fingerprint density at radius 2 is 2.09 bits per heavy atom. The lowest BCUT2D eigenvalue weighted by atomic mass is 9.85. The fourth-order valence-corrected chi connectivity index (χ4v) is 3.47. The van der Waals surface area contributed by atoms with E-state index in [4.69, 9.17) is 10.5 Å². The largest absolute Gasteiger partial charge is 0.370 e. The number of nitrogens with zero attached hydrogens (tertiary/aromatic N) is 1. The van der Waals surface area contributed by atoms with Crippen LogP contribution < -0.4 is 5.73 Å². The second kappa shape index (κ2) is 6.93. The average Bonchev–Trinajstić information content (AvgIpc) is 2.57. The van der Waals surface area contributed by atoms with Gasteiger partial charge in [0.15, 0.2) is 11.6 Å². The van der Waals surface area contributed by atoms with Gasteiger partial charge in [0.1, 0.15) is 6.10 Å². The lowest BCUT2D eigenvalue weighted by Gasteiger charge is -2.37. The number of carbonyl (C=O) groups excluding carboxylic acids is 1. The first-order valence-corrected chi connectivity index (χ1v) is 8.15. The molecule has 4 nitrogen and oxygen atoms in total. The maximum atomic E-state index is 13.4. The summed E-state index contributed by atoms with van der Waals surface area (Å²) < 4.78 is 32.1. The summed E-state index contributed by atoms with van der Waals surface area (Å²) in [5.74, 6) is -1.69. The molecular weight excluding hydrogens is 302 g/mol. The van der Waals surface area contributed by atoms with Gasteiger partial charge >= 0.3 is 0 Å². The predicted octanol–water partition coefficient (Wildman–Crippen LogP) is 2.38. The predicted molar refractivity (Wildman–Crippen MR) is 81.6 cm³/mol. The summed E-state index contributed by atoms with van der Waals surface area (Å²) >= 11 is 0. The van der Waals surface area contributed by atoms with Crippen molar-refractivity contribution in [1.82, 2.24) is 4.90 Å². The zero-order valence-electron chi connectivity index (χ0n) is 13.0. The topological polar surface area (TPSA) is 55.6 Å². The van der Waals surface area contributed by atoms with E-state index in [0.29, 0.717) is 25.3 Å². The van der Waals surface area contributed by atoms with Crippen LogP contribution in [0.1, 0.15) is 37.4 Å². The van der Waals surface area contributed by atoms with Gasteiger partial charge in [-0.05, 0) is 37.0 Å². The van der Waals surface area contributed by atoms with Crippen LogP contribution in [-0.2, 0) is 9.53 Å². The van der Waals surface area contributed by atoms with Crippen molar-refractivity contribution in [2.45, 2.75) is 37.8 Å². The van der Waals surface area contributed by atoms with Gasteiger partial charge in [-0.2, -0.15) is 0 Å². The maximum Gasteiger partial charge on any atom is 0.225 e. The van der Waals surface area contributed by atoms with Crippen molar-refractivity contribution in [3.8, 4) is 0 Å². The summed E-state index contributed by atoms with van der Waals surface area (Å²) in [6.07, 6.45) is 3.14. The Bertz CT molecular complexity index is 582. The smallest absolute Gasteiger partial charge is 0.225 e. The van der Waals surface area contributed by atoms with Gasteiger partial charge in [0.05, 0.1) is 13.2 Å². The highest BCUT2D eigenvalue weighted by atomic mass is 19.2. The number of rotatable bonds is 2. The van der Waals surface area contributed by atoms with Gasteiger partial charge in [0.2, 0.25) is 5.91 Å². The highest BCUT2D eigenvalue weighted by molar-refractivity contribution is 5.79. The van der Waals surface area contributed by atoms with Crippen LogP contribution in [0.25, 0.3) is 0 Å². The van der Waals surface area contributed by atoms with Gasteiger partial charge in [0, 0.05) is 18.5 Å². The SMILES string of the molecule is N[C@@H]1CCC[C@H](C(=O)N2CCO[C@H](c3ccc(F)c(F)c3)C2)C1. The van der Waals surface area contributed by atoms with E-state index in [9.17, 15) is 13.6 Å². The van der Waals surface area contributed by atoms with Crippen LogP contribution in [-0.4, -0.2) is 36.5 Å². The maximum absolute atomic E-state index is 13.4. The molecule has 23 heavy (non-hydrogen) atoms. The molecule has 1 heterocycles. The van der Waals surface area contributed by atoms with Crippen molar-refractivity contribution in [2.75, 3.05) is 19.7 Å². The molecule has 6 heteroatoms. The molecule has 0 aromatic heterocycles. The monoisotopic (exact) mass is 324 g/mol. The summed E-state index contributed by atoms with van der Waals surface area (Å²) in [5.41, 5.74) is 6.53. The molecule has 3 atom stereocenters. The number of hydrogen-bond acceptors (Lipinski definition) is 3. The molecule has 0 unspecified atom stereocenters. The first-order chi connectivity index (χ1) is 11.0. The lowest BCUT2D eigenvalue weighted by molar-refractivity contribution is -0.144. The first kappa shape index (κ1) is 16.3. The quantitative estimate of drug-likeness (QED) is 0.909. The molecule has 2 N–H and O–H groups in total. The zero-order valence-corrected chi connectivity index (χ0v) is 13.0. The number of hydrogen-bond donors (Lipinski definition) is 1. The molecule has 2 aliphatic rings. The molecular formula is C17H22F2N2O2. The van der Waals surface area contributed by atoms with E-state index in [-0.39, 0.29) is 17.9 Å². The number of ether oxygens (including phenoxy) is 1. The minimum atomic E-state index is -0.896. The van der Waals surface area contributed by atoms with Gasteiger partial charge in [-0.1, -0.05) is 12.5 Å². The zero-order chi connectivity index (χ0) is 16.4. The Morgan fingerprint density at radius 1 is 1.26 bits per heavy atom. The number of nitrogens with two attached hydrogens (primary N) is 1. The van der Waals surface area contributed by atoms with Crippen LogP contribution in [0.4, 0.5) is 8.78 Å². The summed E-state index contributed by atoms with van der Waals surface area (Å²) in [6, 6.07) is 3.84. The molecule has 3 rings (SSSR count). The van der Waals surface area contributed by atoms with Crippen LogP contribution in [0, 0.1) is 17.6 Å². The molecule has 1 aromatic rings. The molecule has 1 saturated carbocycles. The molecule has 0 bridgehead atoms. The number of carbonyl (C=O) groups is 1. The van der Waals surface area contributed by atoms with Crippen LogP contribution in [0.3, 0.4) is 0 Å². The average molecular weight is 324 g/mol. The lowest BCUT2D eigenvalue weighted by Crippen LogP contribution is -2.46. The molecule has 0 spiro atoms. The number of morpholine rings is 1. The fourth-order valence-electron chi connectivity index (χ4n) is 3.47. The Hall–Kier alpha value is -1.53. The van der Waals surface area contributed by atoms with Crippen LogP contribution in [0.5, 0.6) is 0 Å². The van der Waals surface area contributed by atoms with Gasteiger partial charge in [0.25, 0.3) is 0 Å². The number of amides is 1. The molecule has 1 aliphatic heterocycles. The molecule has 1 amide bonds. The normalized spacial score (nSPS) is 28.7. The summed E-state index contributed by atoms with van der Waals surface area (Å²) in [7, 11) is 0. The third kappa shape index (κ3) is 3.70. The van der Waals surface area contributed by atoms with E-state index in [1.165, 1.54) is 6.07 Å². The van der Waals surface area contributed by atoms with Crippen molar-refractivity contribution < 1.29 is 18.3 Å². The highest BCUT2D eigenvalue weighted by Gasteiger charge is 2.32. The second-order valence-electron chi connectivity index (χ2n) is 6.44. The summed E-state index contributed by atoms with van der Waals surface area (Å²) in [4.78, 5) is 14.5. The van der Waals surface area contributed by atoms with Crippen LogP contribution >= 0.6 is 0 Å². The van der Waals surface area contributed by atoms with Crippen molar-refractivity contribution in [2.24, 2.45) is 11.7 Å². The third-order valence-electron chi connectivity index (χ3n) is 4.76. The van der Waals surface area contributed by atoms with Crippen molar-refractivity contribution in [3.05, 3.63) is 35.4 Å². The summed E-state index contributed by atoms with van der Waals surface area (Å²) in [5, 5.41) is 0. The van der Waals surface area contributed by atoms with Gasteiger partial charge in [-0.15, -0.1) is 0 Å². The van der Waals surface area contributed by atoms with Gasteiger partial charge < -0.3 is 15.4 Å². The standard InChI is InChI=1S/C17H22F2N2O2/c18-14-5-4-11(9-15(14)19)16-10-21(6-7-23-16)17(22)12-2-1-3-13(20)8-12/h4-5,9,12-13,16H,1-3,6-8,10,20H2/t12-,13+,16-/m0/s1. The molecule has 1 aromatic carbocycles. The van der Waals surface area contributed by atoms with Crippen LogP contribution in [0.15, 0.2) is 18.2 Å². The molecule has 1 aliphatic carbocycles. The summed E-state index contributed by atoms with van der Waals surface area (Å²) in [6.45, 7) is 1.30. The van der Waals surface area contributed by atoms with E-state index in [2.05, 4.69) is 0 Å². The molecule has 2 fully saturated rings. The number of benzene rings is 1. The van der Waals surface area contributed by atoms with E-state index >= 15 is 0 Å². The second-order valence-corrected chi connectivity index (χ2v) is 6.44. The molecule has 1 saturated heterocycles. The number of halogens is 2. The van der Waals surface area contributed by atoms with E-state index in [1.54, 1.807) is 4.90 Å². The Labute approximate surface area is 134 Å². The van der Waals surface area contributed by atoms with E-state index in [1.807, 2.05) is 0 Å². The highest BCUT2D eigenvalue weighted by Crippen LogP contribution is 2.28. The molecule has 126 valence electrons. The Kier molecular flexibility index (Phi) is 4.92. The van der Waals surface area contributed by atoms with E-state index in [0.717, 1.165) is 37.8 Å². The molecule has 0 radical (unpaired) electrons. The Morgan fingerprint density at radius 3 is 2.83 bits per heavy atom. The first-order valence-electron chi connectivity index (χ1n) is 8.15. The van der Waals surface area contributed by atoms with Crippen molar-refractivity contribution >= 4 is 5.91 Å². The van der Waals surface area contributed by atoms with Crippen LogP contribution in [0.2, 0.25) is 0 Å².